The van der Waals surface area contributed by atoms with E-state index in [0.717, 1.165) is 6.42 Å². The fourth-order valence-corrected chi connectivity index (χ4v) is 2.03. The first-order valence-corrected chi connectivity index (χ1v) is 6.22. The number of aromatic carboxylic acids is 1. The van der Waals surface area contributed by atoms with Gasteiger partial charge in [0.05, 0.1) is 17.1 Å². The molecular formula is C13H15NO5. The van der Waals surface area contributed by atoms with E-state index >= 15 is 0 Å². The van der Waals surface area contributed by atoms with E-state index in [4.69, 9.17) is 9.84 Å². The molecule has 0 aromatic heterocycles. The minimum absolute atomic E-state index is 0.00996. The van der Waals surface area contributed by atoms with Gasteiger partial charge in [0.15, 0.2) is 5.75 Å². The van der Waals surface area contributed by atoms with Crippen LogP contribution in [0.15, 0.2) is 18.2 Å². The zero-order chi connectivity index (χ0) is 13.8. The predicted octanol–water partition coefficient (Wildman–Crippen LogP) is 2.86. The van der Waals surface area contributed by atoms with Gasteiger partial charge in [-0.2, -0.15) is 0 Å². The predicted molar refractivity (Wildman–Crippen MR) is 67.5 cm³/mol. The van der Waals surface area contributed by atoms with Crippen LogP contribution in [-0.4, -0.2) is 22.6 Å². The zero-order valence-electron chi connectivity index (χ0n) is 10.4. The molecule has 0 amide bonds. The second-order valence-corrected chi connectivity index (χ2v) is 4.68. The molecular weight excluding hydrogens is 250 g/mol. The van der Waals surface area contributed by atoms with Crippen molar-refractivity contribution in [1.29, 1.82) is 0 Å². The smallest absolute Gasteiger partial charge is 0.335 e. The molecule has 19 heavy (non-hydrogen) atoms. The van der Waals surface area contributed by atoms with Crippen molar-refractivity contribution < 1.29 is 19.6 Å². The van der Waals surface area contributed by atoms with Crippen LogP contribution in [0.25, 0.3) is 0 Å². The molecule has 0 bridgehead atoms. The molecule has 1 aliphatic carbocycles. The molecule has 6 nitrogen and oxygen atoms in total. The maximum absolute atomic E-state index is 10.8. The number of carboxylic acid groups (broad SMARTS) is 1. The maximum atomic E-state index is 10.8. The monoisotopic (exact) mass is 265 g/mol. The number of hydrogen-bond donors (Lipinski definition) is 1. The first-order valence-electron chi connectivity index (χ1n) is 6.22. The number of carboxylic acids is 1. The van der Waals surface area contributed by atoms with Crippen molar-refractivity contribution in [3.63, 3.8) is 0 Å². The number of nitro benzene ring substituents is 1. The highest BCUT2D eigenvalue weighted by Gasteiger charge is 2.20. The molecule has 0 spiro atoms. The van der Waals surface area contributed by atoms with E-state index in [9.17, 15) is 14.9 Å². The van der Waals surface area contributed by atoms with Crippen LogP contribution in [0.1, 0.15) is 36.0 Å². The summed E-state index contributed by atoms with van der Waals surface area (Å²) in [6.45, 7) is 0.384. The van der Waals surface area contributed by atoms with Crippen LogP contribution in [0.2, 0.25) is 0 Å². The minimum atomic E-state index is -1.13. The number of benzene rings is 1. The van der Waals surface area contributed by atoms with Crippen LogP contribution in [0.3, 0.4) is 0 Å². The highest BCUT2D eigenvalue weighted by Crippen LogP contribution is 2.31. The third-order valence-corrected chi connectivity index (χ3v) is 3.41. The standard InChI is InChI=1S/C13H15NO5/c15-13(16)10-4-5-11(14(17)18)12(8-10)19-7-6-9-2-1-3-9/h4-5,8-9H,1-3,6-7H2,(H,15,16). The van der Waals surface area contributed by atoms with Gasteiger partial charge in [-0.05, 0) is 18.4 Å². The summed E-state index contributed by atoms with van der Waals surface area (Å²) in [6.07, 6.45) is 4.45. The molecule has 0 atom stereocenters. The lowest BCUT2D eigenvalue weighted by molar-refractivity contribution is -0.385. The van der Waals surface area contributed by atoms with Crippen LogP contribution in [0.5, 0.6) is 5.75 Å². The molecule has 1 saturated carbocycles. The Morgan fingerprint density at radius 2 is 2.21 bits per heavy atom. The van der Waals surface area contributed by atoms with Crippen LogP contribution < -0.4 is 4.74 Å². The Morgan fingerprint density at radius 1 is 1.47 bits per heavy atom. The van der Waals surface area contributed by atoms with Crippen molar-refractivity contribution in [3.05, 3.63) is 33.9 Å². The molecule has 0 aliphatic heterocycles. The fraction of sp³-hybridized carbons (Fsp3) is 0.462. The van der Waals surface area contributed by atoms with E-state index in [1.54, 1.807) is 0 Å². The Labute approximate surface area is 110 Å². The van der Waals surface area contributed by atoms with Crippen molar-refractivity contribution in [2.45, 2.75) is 25.7 Å². The summed E-state index contributed by atoms with van der Waals surface area (Å²) in [7, 11) is 0. The first-order chi connectivity index (χ1) is 9.08. The van der Waals surface area contributed by atoms with Crippen LogP contribution in [0.4, 0.5) is 5.69 Å². The molecule has 1 aromatic rings. The van der Waals surface area contributed by atoms with Crippen LogP contribution in [0, 0.1) is 16.0 Å². The Bertz CT molecular complexity index is 496. The minimum Gasteiger partial charge on any atom is -0.487 e. The van der Waals surface area contributed by atoms with Crippen molar-refractivity contribution in [3.8, 4) is 5.75 Å². The summed E-state index contributed by atoms with van der Waals surface area (Å²) in [6, 6.07) is 3.59. The molecule has 1 aromatic carbocycles. The third kappa shape index (κ3) is 3.21. The lowest BCUT2D eigenvalue weighted by Crippen LogP contribution is -2.14. The van der Waals surface area contributed by atoms with E-state index in [0.29, 0.717) is 12.5 Å². The summed E-state index contributed by atoms with van der Waals surface area (Å²) < 4.78 is 5.39. The van der Waals surface area contributed by atoms with Gasteiger partial charge in [0.1, 0.15) is 0 Å². The average Bonchev–Trinajstić information content (AvgIpc) is 2.31. The van der Waals surface area contributed by atoms with Gasteiger partial charge >= 0.3 is 11.7 Å². The number of nitrogens with zero attached hydrogens (tertiary/aromatic N) is 1. The quantitative estimate of drug-likeness (QED) is 0.631. The first kappa shape index (κ1) is 13.3. The molecule has 6 heteroatoms. The number of carbonyl (C=O) groups is 1. The van der Waals surface area contributed by atoms with Gasteiger partial charge in [0.25, 0.3) is 0 Å². The Hall–Kier alpha value is -2.11. The zero-order valence-corrected chi connectivity index (χ0v) is 10.4. The number of nitro groups is 1. The molecule has 1 aliphatic rings. The Morgan fingerprint density at radius 3 is 2.74 bits per heavy atom. The van der Waals surface area contributed by atoms with Gasteiger partial charge in [0.2, 0.25) is 0 Å². The van der Waals surface area contributed by atoms with Gasteiger partial charge in [0, 0.05) is 12.1 Å². The molecule has 0 saturated heterocycles. The summed E-state index contributed by atoms with van der Waals surface area (Å²) in [5, 5.41) is 19.7. The van der Waals surface area contributed by atoms with Gasteiger partial charge in [-0.25, -0.2) is 4.79 Å². The van der Waals surface area contributed by atoms with E-state index < -0.39 is 10.9 Å². The highest BCUT2D eigenvalue weighted by molar-refractivity contribution is 5.88. The number of rotatable bonds is 6. The topological polar surface area (TPSA) is 89.7 Å². The normalized spacial score (nSPS) is 14.7. The average molecular weight is 265 g/mol. The summed E-state index contributed by atoms with van der Waals surface area (Å²) in [4.78, 5) is 21.1. The van der Waals surface area contributed by atoms with E-state index in [1.807, 2.05) is 0 Å². The molecule has 1 N–H and O–H groups in total. The fourth-order valence-electron chi connectivity index (χ4n) is 2.03. The largest absolute Gasteiger partial charge is 0.487 e. The second-order valence-electron chi connectivity index (χ2n) is 4.68. The Balaban J connectivity index is 2.07. The lowest BCUT2D eigenvalue weighted by Gasteiger charge is -2.24. The van der Waals surface area contributed by atoms with Crippen molar-refractivity contribution in [2.24, 2.45) is 5.92 Å². The van der Waals surface area contributed by atoms with Crippen LogP contribution in [-0.2, 0) is 0 Å². The summed E-state index contributed by atoms with van der Waals surface area (Å²) >= 11 is 0. The molecule has 0 unspecified atom stereocenters. The van der Waals surface area contributed by atoms with Crippen LogP contribution >= 0.6 is 0 Å². The van der Waals surface area contributed by atoms with Gasteiger partial charge in [-0.15, -0.1) is 0 Å². The Kier molecular flexibility index (Phi) is 3.99. The molecule has 0 heterocycles. The number of hydrogen-bond acceptors (Lipinski definition) is 4. The SMILES string of the molecule is O=C(O)c1ccc([N+](=O)[O-])c(OCCC2CCC2)c1. The lowest BCUT2D eigenvalue weighted by atomic mass is 9.83. The van der Waals surface area contributed by atoms with Crippen molar-refractivity contribution in [2.75, 3.05) is 6.61 Å². The summed E-state index contributed by atoms with van der Waals surface area (Å²) in [5.41, 5.74) is -0.206. The highest BCUT2D eigenvalue weighted by atomic mass is 16.6. The number of ether oxygens (including phenoxy) is 1. The van der Waals surface area contributed by atoms with E-state index in [2.05, 4.69) is 0 Å². The molecule has 0 radical (unpaired) electrons. The van der Waals surface area contributed by atoms with Crippen molar-refractivity contribution >= 4 is 11.7 Å². The van der Waals surface area contributed by atoms with Gasteiger partial charge in [-0.3, -0.25) is 10.1 Å². The molecule has 2 rings (SSSR count). The van der Waals surface area contributed by atoms with Gasteiger partial charge in [-0.1, -0.05) is 19.3 Å². The molecule has 1 fully saturated rings. The maximum Gasteiger partial charge on any atom is 0.335 e. The van der Waals surface area contributed by atoms with E-state index in [-0.39, 0.29) is 17.0 Å². The second kappa shape index (κ2) is 5.69. The summed E-state index contributed by atoms with van der Waals surface area (Å²) in [5.74, 6) is -0.454. The van der Waals surface area contributed by atoms with Crippen molar-refractivity contribution in [1.82, 2.24) is 0 Å². The van der Waals surface area contributed by atoms with Gasteiger partial charge < -0.3 is 9.84 Å². The van der Waals surface area contributed by atoms with E-state index in [1.165, 1.54) is 37.5 Å². The molecule has 102 valence electrons. The third-order valence-electron chi connectivity index (χ3n) is 3.41.